The number of hydrogen-bond donors (Lipinski definition) is 0. The van der Waals surface area contributed by atoms with Crippen LogP contribution in [-0.2, 0) is 0 Å². The maximum atomic E-state index is 4.91. The van der Waals surface area contributed by atoms with Crippen molar-refractivity contribution in [2.45, 2.75) is 0 Å². The van der Waals surface area contributed by atoms with E-state index in [-0.39, 0.29) is 0 Å². The Morgan fingerprint density at radius 2 is 2.29 bits per heavy atom. The first-order valence-electron chi connectivity index (χ1n) is 4.05. The first kappa shape index (κ1) is 7.64. The van der Waals surface area contributed by atoms with Crippen LogP contribution in [0.15, 0.2) is 34.3 Å². The Morgan fingerprint density at radius 1 is 1.29 bits per heavy atom. The largest absolute Gasteiger partial charge is 0.337 e. The minimum absolute atomic E-state index is 0.699. The van der Waals surface area contributed by atoms with Crippen molar-refractivity contribution in [2.24, 2.45) is 0 Å². The number of benzene rings is 1. The first-order chi connectivity index (χ1) is 6.93. The van der Waals surface area contributed by atoms with Gasteiger partial charge in [-0.3, -0.25) is 0 Å². The van der Waals surface area contributed by atoms with Crippen molar-refractivity contribution in [3.63, 3.8) is 0 Å². The summed E-state index contributed by atoms with van der Waals surface area (Å²) in [6.07, 6.45) is 1.78. The Kier molecular flexibility index (Phi) is 1.57. The van der Waals surface area contributed by atoms with Crippen molar-refractivity contribution in [3.05, 3.63) is 29.8 Å². The van der Waals surface area contributed by atoms with E-state index in [9.17, 15) is 0 Å². The second kappa shape index (κ2) is 2.88. The molecule has 0 aliphatic heterocycles. The summed E-state index contributed by atoms with van der Waals surface area (Å²) >= 11 is 1.60. The van der Waals surface area contributed by atoms with E-state index in [0.717, 1.165) is 16.1 Å². The molecule has 0 fully saturated rings. The van der Waals surface area contributed by atoms with Gasteiger partial charge in [0.2, 0.25) is 0 Å². The number of hydrogen-bond acceptors (Lipinski definition) is 5. The van der Waals surface area contributed by atoms with Gasteiger partial charge in [-0.15, -0.1) is 16.4 Å². The van der Waals surface area contributed by atoms with Gasteiger partial charge >= 0.3 is 0 Å². The molecule has 1 aromatic carbocycles. The standard InChI is InChI=1S/C9H5N3OS/c1-2-8-7(11-12-13-8)5-6(1)9-10-3-4-14-9/h1-5H. The van der Waals surface area contributed by atoms with Crippen LogP contribution < -0.4 is 0 Å². The maximum Gasteiger partial charge on any atom is 0.187 e. The quantitative estimate of drug-likeness (QED) is 0.609. The maximum absolute atomic E-state index is 4.91. The fourth-order valence-corrected chi connectivity index (χ4v) is 1.92. The molecule has 2 heterocycles. The zero-order chi connectivity index (χ0) is 9.38. The Labute approximate surface area is 83.2 Å². The van der Waals surface area contributed by atoms with Crippen LogP contribution in [0.3, 0.4) is 0 Å². The van der Waals surface area contributed by atoms with E-state index >= 15 is 0 Å². The van der Waals surface area contributed by atoms with E-state index in [2.05, 4.69) is 15.4 Å². The third-order valence-corrected chi connectivity index (χ3v) is 2.75. The number of fused-ring (bicyclic) bond motifs is 1. The molecular formula is C9H5N3OS. The zero-order valence-electron chi connectivity index (χ0n) is 7.04. The molecule has 0 N–H and O–H groups in total. The fraction of sp³-hybridized carbons (Fsp3) is 0. The highest BCUT2D eigenvalue weighted by molar-refractivity contribution is 7.13. The van der Waals surface area contributed by atoms with Crippen molar-refractivity contribution < 1.29 is 4.52 Å². The summed E-state index contributed by atoms with van der Waals surface area (Å²) in [5.41, 5.74) is 2.51. The minimum Gasteiger partial charge on any atom is -0.337 e. The summed E-state index contributed by atoms with van der Waals surface area (Å²) in [5.74, 6) is 0. The monoisotopic (exact) mass is 203 g/mol. The minimum atomic E-state index is 0.699. The molecule has 0 unspecified atom stereocenters. The summed E-state index contributed by atoms with van der Waals surface area (Å²) < 4.78 is 4.91. The van der Waals surface area contributed by atoms with Crippen LogP contribution in [0.4, 0.5) is 0 Å². The summed E-state index contributed by atoms with van der Waals surface area (Å²) in [7, 11) is 0. The zero-order valence-corrected chi connectivity index (χ0v) is 7.86. The van der Waals surface area contributed by atoms with Gasteiger partial charge in [0.25, 0.3) is 0 Å². The number of nitrogens with zero attached hydrogens (tertiary/aromatic N) is 3. The SMILES string of the molecule is c1csc(-c2ccc3onnc3c2)n1. The number of thiazole rings is 1. The highest BCUT2D eigenvalue weighted by Crippen LogP contribution is 2.24. The van der Waals surface area contributed by atoms with Gasteiger partial charge in [-0.1, -0.05) is 0 Å². The van der Waals surface area contributed by atoms with Crippen LogP contribution in [0.5, 0.6) is 0 Å². The summed E-state index contributed by atoms with van der Waals surface area (Å²) in [4.78, 5) is 4.22. The predicted molar refractivity (Wildman–Crippen MR) is 52.9 cm³/mol. The second-order valence-corrected chi connectivity index (χ2v) is 3.69. The van der Waals surface area contributed by atoms with E-state index in [1.165, 1.54) is 0 Å². The van der Waals surface area contributed by atoms with Crippen molar-refractivity contribution in [2.75, 3.05) is 0 Å². The Morgan fingerprint density at radius 3 is 3.14 bits per heavy atom. The molecule has 5 heteroatoms. The molecule has 4 nitrogen and oxygen atoms in total. The molecular weight excluding hydrogens is 198 g/mol. The van der Waals surface area contributed by atoms with Crippen LogP contribution in [0, 0.1) is 0 Å². The second-order valence-electron chi connectivity index (χ2n) is 2.79. The van der Waals surface area contributed by atoms with Gasteiger partial charge in [-0.2, -0.15) is 0 Å². The van der Waals surface area contributed by atoms with E-state index < -0.39 is 0 Å². The highest BCUT2D eigenvalue weighted by atomic mass is 32.1. The van der Waals surface area contributed by atoms with Crippen LogP contribution in [0.1, 0.15) is 0 Å². The van der Waals surface area contributed by atoms with Crippen molar-refractivity contribution >= 4 is 22.4 Å². The van der Waals surface area contributed by atoms with Crippen LogP contribution in [0.2, 0.25) is 0 Å². The van der Waals surface area contributed by atoms with Crippen molar-refractivity contribution in [1.29, 1.82) is 0 Å². The summed E-state index contributed by atoms with van der Waals surface area (Å²) in [6, 6.07) is 5.73. The van der Waals surface area contributed by atoms with Gasteiger partial charge in [-0.25, -0.2) is 4.98 Å². The number of rotatable bonds is 1. The topological polar surface area (TPSA) is 51.8 Å². The molecule has 0 saturated heterocycles. The average molecular weight is 203 g/mol. The third kappa shape index (κ3) is 1.10. The summed E-state index contributed by atoms with van der Waals surface area (Å²) in [5, 5.41) is 10.3. The van der Waals surface area contributed by atoms with Crippen LogP contribution >= 0.6 is 11.3 Å². The van der Waals surface area contributed by atoms with E-state index in [1.807, 2.05) is 23.6 Å². The van der Waals surface area contributed by atoms with Gasteiger partial charge in [0.15, 0.2) is 5.58 Å². The van der Waals surface area contributed by atoms with Crippen molar-refractivity contribution in [1.82, 2.24) is 15.4 Å². The number of aromatic nitrogens is 3. The molecule has 0 aliphatic rings. The average Bonchev–Trinajstić information content (AvgIpc) is 2.88. The lowest BCUT2D eigenvalue weighted by Crippen LogP contribution is -1.75. The molecule has 68 valence electrons. The van der Waals surface area contributed by atoms with E-state index in [4.69, 9.17) is 4.52 Å². The Balaban J connectivity index is 2.23. The Hall–Kier alpha value is -1.75. The lowest BCUT2D eigenvalue weighted by atomic mass is 10.2. The molecule has 0 amide bonds. The van der Waals surface area contributed by atoms with Gasteiger partial charge in [0.05, 0.1) is 0 Å². The highest BCUT2D eigenvalue weighted by Gasteiger charge is 2.04. The smallest absolute Gasteiger partial charge is 0.187 e. The normalized spacial score (nSPS) is 10.9. The molecule has 0 saturated carbocycles. The molecule has 0 spiro atoms. The first-order valence-corrected chi connectivity index (χ1v) is 4.93. The van der Waals surface area contributed by atoms with Crippen LogP contribution in [0.25, 0.3) is 21.7 Å². The lowest BCUT2D eigenvalue weighted by molar-refractivity contribution is 0.424. The third-order valence-electron chi connectivity index (χ3n) is 1.93. The van der Waals surface area contributed by atoms with Crippen LogP contribution in [-0.4, -0.2) is 15.4 Å². The molecule has 3 rings (SSSR count). The van der Waals surface area contributed by atoms with Gasteiger partial charge < -0.3 is 4.52 Å². The molecule has 0 radical (unpaired) electrons. The van der Waals surface area contributed by atoms with E-state index in [0.29, 0.717) is 5.58 Å². The van der Waals surface area contributed by atoms with Gasteiger partial charge in [0.1, 0.15) is 10.5 Å². The van der Waals surface area contributed by atoms with Crippen molar-refractivity contribution in [3.8, 4) is 10.6 Å². The molecule has 2 aromatic heterocycles. The summed E-state index contributed by atoms with van der Waals surface area (Å²) in [6.45, 7) is 0. The van der Waals surface area contributed by atoms with E-state index in [1.54, 1.807) is 17.5 Å². The lowest BCUT2D eigenvalue weighted by Gasteiger charge is -1.93. The molecule has 0 bridgehead atoms. The molecule has 0 atom stereocenters. The predicted octanol–water partition coefficient (Wildman–Crippen LogP) is 2.35. The molecule has 14 heavy (non-hydrogen) atoms. The molecule has 3 aromatic rings. The van der Waals surface area contributed by atoms with Gasteiger partial charge in [-0.05, 0) is 18.2 Å². The Bertz CT molecular complexity index is 558. The molecule has 0 aliphatic carbocycles. The van der Waals surface area contributed by atoms with Gasteiger partial charge in [0, 0.05) is 22.4 Å². The fourth-order valence-electron chi connectivity index (χ4n) is 1.28.